The van der Waals surface area contributed by atoms with Crippen LogP contribution in [0.1, 0.15) is 47.8 Å². The van der Waals surface area contributed by atoms with Gasteiger partial charge in [-0.25, -0.2) is 0 Å². The zero-order chi connectivity index (χ0) is 22.9. The second kappa shape index (κ2) is 8.27. The first-order valence-electron chi connectivity index (χ1n) is 10.1. The normalized spacial score (nSPS) is 17.4. The van der Waals surface area contributed by atoms with E-state index in [4.69, 9.17) is 5.26 Å². The summed E-state index contributed by atoms with van der Waals surface area (Å²) in [4.78, 5) is 28.1. The van der Waals surface area contributed by atoms with Gasteiger partial charge in [-0.05, 0) is 61.7 Å². The van der Waals surface area contributed by atoms with Crippen molar-refractivity contribution in [3.63, 3.8) is 0 Å². The van der Waals surface area contributed by atoms with Crippen LogP contribution < -0.4 is 0 Å². The number of hydrogen-bond acceptors (Lipinski definition) is 4. The van der Waals surface area contributed by atoms with Gasteiger partial charge in [0, 0.05) is 31.9 Å². The van der Waals surface area contributed by atoms with Crippen LogP contribution in [0.25, 0.3) is 5.57 Å². The maximum absolute atomic E-state index is 12.3. The van der Waals surface area contributed by atoms with Crippen LogP contribution in [0.3, 0.4) is 0 Å². The molecule has 0 saturated carbocycles. The van der Waals surface area contributed by atoms with Crippen molar-refractivity contribution < 1.29 is 14.7 Å². The van der Waals surface area contributed by atoms with Gasteiger partial charge in [0.15, 0.2) is 0 Å². The molecule has 0 spiro atoms. The molecule has 2 aromatic carbocycles. The van der Waals surface area contributed by atoms with Gasteiger partial charge in [0.25, 0.3) is 5.91 Å². The average Bonchev–Trinajstić information content (AvgIpc) is 2.94. The van der Waals surface area contributed by atoms with Crippen molar-refractivity contribution in [3.05, 3.63) is 76.5 Å². The van der Waals surface area contributed by atoms with Crippen LogP contribution in [0.4, 0.5) is 0 Å². The number of nitriles is 1. The molecule has 31 heavy (non-hydrogen) atoms. The maximum Gasteiger partial charge on any atom is 0.313 e. The monoisotopic (exact) mass is 417 g/mol. The van der Waals surface area contributed by atoms with Gasteiger partial charge in [-0.2, -0.15) is 5.26 Å². The largest absolute Gasteiger partial charge is 0.481 e. The van der Waals surface area contributed by atoms with Crippen molar-refractivity contribution >= 4 is 17.4 Å². The van der Waals surface area contributed by atoms with E-state index in [1.54, 1.807) is 38.4 Å². The van der Waals surface area contributed by atoms with Crippen LogP contribution in [0.15, 0.2) is 54.2 Å². The number of aliphatic carboxylic acids is 1. The van der Waals surface area contributed by atoms with Crippen molar-refractivity contribution in [2.75, 3.05) is 14.1 Å². The predicted octanol–water partition coefficient (Wildman–Crippen LogP) is 3.99. The molecule has 1 amide bonds. The molecule has 0 aromatic heterocycles. The highest BCUT2D eigenvalue weighted by atomic mass is 16.4. The molecule has 1 aliphatic rings. The van der Waals surface area contributed by atoms with Gasteiger partial charge in [0.05, 0.1) is 17.2 Å². The molecular weight excluding hydrogens is 390 g/mol. The topological polar surface area (TPSA) is 84.6 Å². The SMILES string of the molecule is CC1=C(c2ccc(C#N)cc2)C(C(=O)O)C(C)(C)N1Cc1ccc(C(=O)N(C)C)cc1. The minimum Gasteiger partial charge on any atom is -0.481 e. The highest BCUT2D eigenvalue weighted by Crippen LogP contribution is 2.47. The number of carboxylic acid groups (broad SMARTS) is 1. The van der Waals surface area contributed by atoms with Gasteiger partial charge in [0.1, 0.15) is 5.92 Å². The molecule has 2 aromatic rings. The number of benzene rings is 2. The second-order valence-corrected chi connectivity index (χ2v) is 8.60. The number of allylic oxidation sites excluding steroid dienone is 1. The number of amides is 1. The van der Waals surface area contributed by atoms with Gasteiger partial charge in [-0.3, -0.25) is 9.59 Å². The van der Waals surface area contributed by atoms with E-state index in [0.29, 0.717) is 17.7 Å². The quantitative estimate of drug-likeness (QED) is 0.795. The third kappa shape index (κ3) is 4.04. The van der Waals surface area contributed by atoms with Gasteiger partial charge < -0.3 is 14.9 Å². The van der Waals surface area contributed by atoms with E-state index in [9.17, 15) is 14.7 Å². The van der Waals surface area contributed by atoms with Crippen molar-refractivity contribution in [3.8, 4) is 6.07 Å². The number of rotatable bonds is 5. The molecule has 1 unspecified atom stereocenters. The number of nitrogens with zero attached hydrogens (tertiary/aromatic N) is 3. The fourth-order valence-corrected chi connectivity index (χ4v) is 4.34. The van der Waals surface area contributed by atoms with Gasteiger partial charge in [-0.15, -0.1) is 0 Å². The Labute approximate surface area is 183 Å². The molecule has 3 rings (SSSR count). The van der Waals surface area contributed by atoms with Crippen molar-refractivity contribution in [2.45, 2.75) is 32.9 Å². The molecule has 6 nitrogen and oxygen atoms in total. The molecule has 1 aliphatic heterocycles. The third-order valence-corrected chi connectivity index (χ3v) is 6.01. The molecule has 0 radical (unpaired) electrons. The third-order valence-electron chi connectivity index (χ3n) is 6.01. The lowest BCUT2D eigenvalue weighted by molar-refractivity contribution is -0.142. The summed E-state index contributed by atoms with van der Waals surface area (Å²) in [7, 11) is 3.43. The Bertz CT molecular complexity index is 1070. The lowest BCUT2D eigenvalue weighted by atomic mass is 9.81. The van der Waals surface area contributed by atoms with Gasteiger partial charge in [-0.1, -0.05) is 24.3 Å². The fourth-order valence-electron chi connectivity index (χ4n) is 4.34. The number of carbonyl (C=O) groups is 2. The fraction of sp³-hybridized carbons (Fsp3) is 0.320. The lowest BCUT2D eigenvalue weighted by Gasteiger charge is -2.38. The van der Waals surface area contributed by atoms with E-state index in [-0.39, 0.29) is 5.91 Å². The van der Waals surface area contributed by atoms with E-state index in [0.717, 1.165) is 22.4 Å². The number of carbonyl (C=O) groups excluding carboxylic acids is 1. The summed E-state index contributed by atoms with van der Waals surface area (Å²) in [5.74, 6) is -1.65. The summed E-state index contributed by atoms with van der Waals surface area (Å²) in [6.07, 6.45) is 0. The summed E-state index contributed by atoms with van der Waals surface area (Å²) < 4.78 is 0. The highest BCUT2D eigenvalue weighted by molar-refractivity contribution is 5.94. The Kier molecular flexibility index (Phi) is 5.90. The number of hydrogen-bond donors (Lipinski definition) is 1. The molecule has 1 N–H and O–H groups in total. The summed E-state index contributed by atoms with van der Waals surface area (Å²) >= 11 is 0. The molecule has 0 fully saturated rings. The summed E-state index contributed by atoms with van der Waals surface area (Å²) in [6, 6.07) is 16.6. The Morgan fingerprint density at radius 2 is 1.68 bits per heavy atom. The molecule has 0 saturated heterocycles. The van der Waals surface area contributed by atoms with E-state index in [2.05, 4.69) is 11.0 Å². The lowest BCUT2D eigenvalue weighted by Crippen LogP contribution is -2.45. The summed E-state index contributed by atoms with van der Waals surface area (Å²) in [5, 5.41) is 19.1. The molecule has 160 valence electrons. The zero-order valence-electron chi connectivity index (χ0n) is 18.5. The first kappa shape index (κ1) is 22.1. The molecule has 1 atom stereocenters. The van der Waals surface area contributed by atoms with Crippen LogP contribution in [-0.2, 0) is 11.3 Å². The van der Waals surface area contributed by atoms with E-state index < -0.39 is 17.4 Å². The summed E-state index contributed by atoms with van der Waals surface area (Å²) in [6.45, 7) is 6.35. The van der Waals surface area contributed by atoms with E-state index >= 15 is 0 Å². The minimum atomic E-state index is -0.877. The maximum atomic E-state index is 12.3. The van der Waals surface area contributed by atoms with Crippen LogP contribution in [-0.4, -0.2) is 46.4 Å². The Balaban J connectivity index is 1.99. The second-order valence-electron chi connectivity index (χ2n) is 8.60. The van der Waals surface area contributed by atoms with Crippen LogP contribution in [0.5, 0.6) is 0 Å². The molecule has 0 bridgehead atoms. The standard InChI is InChI=1S/C25H27N3O3/c1-16-21(19-10-6-17(14-26)7-11-19)22(24(30)31)25(2,3)28(16)15-18-8-12-20(13-9-18)23(29)27(4)5/h6-13,22H,15H2,1-5H3,(H,30,31). The molecule has 6 heteroatoms. The average molecular weight is 418 g/mol. The minimum absolute atomic E-state index is 0.0572. The first-order valence-corrected chi connectivity index (χ1v) is 10.1. The van der Waals surface area contributed by atoms with Crippen molar-refractivity contribution in [2.24, 2.45) is 5.92 Å². The molecular formula is C25H27N3O3. The van der Waals surface area contributed by atoms with Crippen LogP contribution >= 0.6 is 0 Å². The smallest absolute Gasteiger partial charge is 0.313 e. The molecule has 0 aliphatic carbocycles. The Hall–Kier alpha value is -3.59. The van der Waals surface area contributed by atoms with Crippen molar-refractivity contribution in [1.29, 1.82) is 5.26 Å². The predicted molar refractivity (Wildman–Crippen MR) is 119 cm³/mol. The van der Waals surface area contributed by atoms with Gasteiger partial charge >= 0.3 is 5.97 Å². The molecule has 1 heterocycles. The first-order chi connectivity index (χ1) is 14.6. The van der Waals surface area contributed by atoms with E-state index in [1.165, 1.54) is 4.90 Å². The van der Waals surface area contributed by atoms with Crippen LogP contribution in [0.2, 0.25) is 0 Å². The van der Waals surface area contributed by atoms with Crippen molar-refractivity contribution in [1.82, 2.24) is 9.80 Å². The van der Waals surface area contributed by atoms with Gasteiger partial charge in [0.2, 0.25) is 0 Å². The van der Waals surface area contributed by atoms with Crippen LogP contribution in [0, 0.1) is 17.2 Å². The van der Waals surface area contributed by atoms with E-state index in [1.807, 2.05) is 45.0 Å². The summed E-state index contributed by atoms with van der Waals surface area (Å²) in [5.41, 5.74) is 3.96. The Morgan fingerprint density at radius 3 is 2.16 bits per heavy atom. The number of carboxylic acids is 1. The zero-order valence-corrected chi connectivity index (χ0v) is 18.5. The highest BCUT2D eigenvalue weighted by Gasteiger charge is 2.49. The Morgan fingerprint density at radius 1 is 1.10 bits per heavy atom.